The number of benzene rings is 2. The van der Waals surface area contributed by atoms with Crippen molar-refractivity contribution in [3.63, 3.8) is 0 Å². The Kier molecular flexibility index (Phi) is 5.71. The second kappa shape index (κ2) is 8.16. The minimum atomic E-state index is -0.369. The van der Waals surface area contributed by atoms with Crippen LogP contribution in [0, 0.1) is 6.92 Å². The lowest BCUT2D eigenvalue weighted by molar-refractivity contribution is 0.252. The fraction of sp³-hybridized carbons (Fsp3) is 0.263. The molecule has 0 radical (unpaired) electrons. The first-order chi connectivity index (χ1) is 12.1. The van der Waals surface area contributed by atoms with Crippen molar-refractivity contribution < 1.29 is 4.79 Å². The number of nitrogens with one attached hydrogen (secondary N) is 2. The summed E-state index contributed by atoms with van der Waals surface area (Å²) < 4.78 is 1.01. The SMILES string of the molecule is Cc1cc(NC(=O)N/N=C\c2ccc(N3CCCC3)cc2)ccc1Br. The Bertz CT molecular complexity index is 767. The number of aryl methyl sites for hydroxylation is 1. The first-order valence-corrected chi connectivity index (χ1v) is 9.12. The molecule has 5 nitrogen and oxygen atoms in total. The molecule has 130 valence electrons. The van der Waals surface area contributed by atoms with Crippen LogP contribution in [-0.2, 0) is 0 Å². The predicted octanol–water partition coefficient (Wildman–Crippen LogP) is 4.51. The second-order valence-corrected chi connectivity index (χ2v) is 6.93. The fourth-order valence-electron chi connectivity index (χ4n) is 2.79. The third-order valence-electron chi connectivity index (χ3n) is 4.16. The van der Waals surface area contributed by atoms with Gasteiger partial charge in [-0.3, -0.25) is 0 Å². The Hall–Kier alpha value is -2.34. The molecule has 0 atom stereocenters. The van der Waals surface area contributed by atoms with Crippen LogP contribution in [0.4, 0.5) is 16.2 Å². The first-order valence-electron chi connectivity index (χ1n) is 8.33. The maximum atomic E-state index is 11.9. The molecule has 6 heteroatoms. The third kappa shape index (κ3) is 4.82. The Morgan fingerprint density at radius 2 is 1.88 bits per heavy atom. The lowest BCUT2D eigenvalue weighted by Gasteiger charge is -2.17. The maximum absolute atomic E-state index is 11.9. The number of rotatable bonds is 4. The Balaban J connectivity index is 1.51. The van der Waals surface area contributed by atoms with Crippen molar-refractivity contribution in [1.82, 2.24) is 5.43 Å². The number of hydrazone groups is 1. The molecular weight excluding hydrogens is 380 g/mol. The van der Waals surface area contributed by atoms with Crippen molar-refractivity contribution in [2.45, 2.75) is 19.8 Å². The van der Waals surface area contributed by atoms with E-state index < -0.39 is 0 Å². The summed E-state index contributed by atoms with van der Waals surface area (Å²) in [5.41, 5.74) is 6.45. The second-order valence-electron chi connectivity index (χ2n) is 6.07. The van der Waals surface area contributed by atoms with Gasteiger partial charge in [0.1, 0.15) is 0 Å². The van der Waals surface area contributed by atoms with Crippen LogP contribution in [0.25, 0.3) is 0 Å². The molecule has 2 aromatic carbocycles. The van der Waals surface area contributed by atoms with E-state index in [1.54, 1.807) is 6.21 Å². The molecule has 3 rings (SSSR count). The van der Waals surface area contributed by atoms with Gasteiger partial charge in [-0.05, 0) is 61.2 Å². The van der Waals surface area contributed by atoms with E-state index in [0.717, 1.165) is 34.4 Å². The molecular formula is C19H21BrN4O. The van der Waals surface area contributed by atoms with E-state index in [9.17, 15) is 4.79 Å². The molecule has 0 bridgehead atoms. The highest BCUT2D eigenvalue weighted by molar-refractivity contribution is 9.10. The average molecular weight is 401 g/mol. The predicted molar refractivity (Wildman–Crippen MR) is 107 cm³/mol. The zero-order chi connectivity index (χ0) is 17.6. The summed E-state index contributed by atoms with van der Waals surface area (Å²) in [5, 5.41) is 6.75. The van der Waals surface area contributed by atoms with Crippen molar-refractivity contribution in [3.8, 4) is 0 Å². The minimum absolute atomic E-state index is 0.369. The van der Waals surface area contributed by atoms with Gasteiger partial charge >= 0.3 is 6.03 Å². The molecule has 0 aromatic heterocycles. The lowest BCUT2D eigenvalue weighted by Crippen LogP contribution is -2.24. The van der Waals surface area contributed by atoms with Gasteiger partial charge in [-0.25, -0.2) is 10.2 Å². The summed E-state index contributed by atoms with van der Waals surface area (Å²) in [5.74, 6) is 0. The third-order valence-corrected chi connectivity index (χ3v) is 5.05. The molecule has 1 aliphatic rings. The van der Waals surface area contributed by atoms with Gasteiger partial charge in [-0.1, -0.05) is 28.1 Å². The van der Waals surface area contributed by atoms with Gasteiger partial charge in [0.15, 0.2) is 0 Å². The summed E-state index contributed by atoms with van der Waals surface area (Å²) in [7, 11) is 0. The van der Waals surface area contributed by atoms with Crippen molar-refractivity contribution in [3.05, 3.63) is 58.1 Å². The van der Waals surface area contributed by atoms with Crippen molar-refractivity contribution in [2.24, 2.45) is 5.10 Å². The highest BCUT2D eigenvalue weighted by Crippen LogP contribution is 2.20. The van der Waals surface area contributed by atoms with E-state index in [4.69, 9.17) is 0 Å². The number of hydrogen-bond donors (Lipinski definition) is 2. The topological polar surface area (TPSA) is 56.7 Å². The highest BCUT2D eigenvalue weighted by Gasteiger charge is 2.11. The molecule has 1 saturated heterocycles. The molecule has 2 amide bonds. The molecule has 2 N–H and O–H groups in total. The van der Waals surface area contributed by atoms with Crippen LogP contribution in [0.1, 0.15) is 24.0 Å². The quantitative estimate of drug-likeness (QED) is 0.585. The molecule has 0 unspecified atom stereocenters. The molecule has 2 aromatic rings. The number of carbonyl (C=O) groups is 1. The normalized spacial score (nSPS) is 14.1. The Labute approximate surface area is 156 Å². The Morgan fingerprint density at radius 3 is 2.56 bits per heavy atom. The van der Waals surface area contributed by atoms with E-state index in [2.05, 4.69) is 48.8 Å². The van der Waals surface area contributed by atoms with Crippen LogP contribution in [0.15, 0.2) is 52.0 Å². The highest BCUT2D eigenvalue weighted by atomic mass is 79.9. The molecule has 25 heavy (non-hydrogen) atoms. The van der Waals surface area contributed by atoms with Gasteiger partial charge in [-0.2, -0.15) is 5.10 Å². The number of amides is 2. The number of anilines is 2. The average Bonchev–Trinajstić information content (AvgIpc) is 3.13. The van der Waals surface area contributed by atoms with E-state index >= 15 is 0 Å². The standard InChI is InChI=1S/C19H21BrN4O/c1-14-12-16(6-9-18(14)20)22-19(25)23-21-13-15-4-7-17(8-5-15)24-10-2-3-11-24/h4-9,12-13H,2-3,10-11H2,1H3,(H2,22,23,25)/b21-13-. The zero-order valence-electron chi connectivity index (χ0n) is 14.1. The van der Waals surface area contributed by atoms with Crippen molar-refractivity contribution in [1.29, 1.82) is 0 Å². The van der Waals surface area contributed by atoms with Crippen LogP contribution in [0.5, 0.6) is 0 Å². The van der Waals surface area contributed by atoms with Gasteiger partial charge in [0.05, 0.1) is 6.21 Å². The van der Waals surface area contributed by atoms with Crippen LogP contribution < -0.4 is 15.6 Å². The summed E-state index contributed by atoms with van der Waals surface area (Å²) in [6.07, 6.45) is 4.17. The summed E-state index contributed by atoms with van der Waals surface area (Å²) >= 11 is 3.43. The molecule has 0 saturated carbocycles. The lowest BCUT2D eigenvalue weighted by atomic mass is 10.2. The minimum Gasteiger partial charge on any atom is -0.372 e. The van der Waals surface area contributed by atoms with Crippen molar-refractivity contribution in [2.75, 3.05) is 23.3 Å². The van der Waals surface area contributed by atoms with Crippen LogP contribution >= 0.6 is 15.9 Å². The summed E-state index contributed by atoms with van der Waals surface area (Å²) in [6, 6.07) is 13.5. The number of hydrogen-bond acceptors (Lipinski definition) is 3. The van der Waals surface area contributed by atoms with E-state index in [1.807, 2.05) is 37.3 Å². The largest absolute Gasteiger partial charge is 0.372 e. The smallest absolute Gasteiger partial charge is 0.339 e. The zero-order valence-corrected chi connectivity index (χ0v) is 15.7. The molecule has 0 aliphatic carbocycles. The molecule has 1 fully saturated rings. The van der Waals surface area contributed by atoms with Gasteiger partial charge in [0.2, 0.25) is 0 Å². The molecule has 0 spiro atoms. The number of nitrogens with zero attached hydrogens (tertiary/aromatic N) is 2. The van der Waals surface area contributed by atoms with Gasteiger partial charge in [0, 0.05) is 28.9 Å². The Morgan fingerprint density at radius 1 is 1.16 bits per heavy atom. The summed E-state index contributed by atoms with van der Waals surface area (Å²) in [4.78, 5) is 14.3. The van der Waals surface area contributed by atoms with Gasteiger partial charge < -0.3 is 10.2 Å². The van der Waals surface area contributed by atoms with Crippen LogP contribution in [0.3, 0.4) is 0 Å². The van der Waals surface area contributed by atoms with E-state index in [-0.39, 0.29) is 6.03 Å². The van der Waals surface area contributed by atoms with Gasteiger partial charge in [-0.15, -0.1) is 0 Å². The first kappa shape index (κ1) is 17.5. The van der Waals surface area contributed by atoms with Gasteiger partial charge in [0.25, 0.3) is 0 Å². The number of carbonyl (C=O) groups excluding carboxylic acids is 1. The van der Waals surface area contributed by atoms with Crippen LogP contribution in [-0.4, -0.2) is 25.3 Å². The van der Waals surface area contributed by atoms with Crippen LogP contribution in [0.2, 0.25) is 0 Å². The summed E-state index contributed by atoms with van der Waals surface area (Å²) in [6.45, 7) is 4.23. The maximum Gasteiger partial charge on any atom is 0.339 e. The number of halogens is 1. The monoisotopic (exact) mass is 400 g/mol. The van der Waals surface area contributed by atoms with Crippen molar-refractivity contribution >= 4 is 39.6 Å². The molecule has 1 heterocycles. The van der Waals surface area contributed by atoms with E-state index in [0.29, 0.717) is 0 Å². The number of urea groups is 1. The van der Waals surface area contributed by atoms with E-state index in [1.165, 1.54) is 18.5 Å². The fourth-order valence-corrected chi connectivity index (χ4v) is 3.04. The molecule has 1 aliphatic heterocycles.